The van der Waals surface area contributed by atoms with E-state index in [2.05, 4.69) is 25.7 Å². The largest absolute Gasteiger partial charge is 0.467 e. The van der Waals surface area contributed by atoms with Crippen LogP contribution in [0.25, 0.3) is 0 Å². The molecule has 16 heavy (non-hydrogen) atoms. The number of furan rings is 1. The normalized spacial score (nSPS) is 12.6. The molecular weight excluding hydrogens is 198 g/mol. The molecule has 1 atom stereocenters. The molecule has 0 aliphatic heterocycles. The summed E-state index contributed by atoms with van der Waals surface area (Å²) in [6.07, 6.45) is 8.25. The molecule has 2 nitrogen and oxygen atoms in total. The van der Waals surface area contributed by atoms with Crippen LogP contribution in [0.3, 0.4) is 0 Å². The third-order valence-electron chi connectivity index (χ3n) is 2.76. The SMILES string of the molecule is C=CCCCC(NCCC)c1occc1C. The fourth-order valence-electron chi connectivity index (χ4n) is 1.85. The first-order valence-electron chi connectivity index (χ1n) is 6.17. The van der Waals surface area contributed by atoms with Crippen LogP contribution >= 0.6 is 0 Å². The highest BCUT2D eigenvalue weighted by Gasteiger charge is 2.15. The van der Waals surface area contributed by atoms with E-state index in [9.17, 15) is 0 Å². The summed E-state index contributed by atoms with van der Waals surface area (Å²) in [5.74, 6) is 1.09. The highest BCUT2D eigenvalue weighted by atomic mass is 16.3. The van der Waals surface area contributed by atoms with E-state index in [4.69, 9.17) is 4.42 Å². The molecule has 0 saturated carbocycles. The first-order chi connectivity index (χ1) is 7.79. The Hall–Kier alpha value is -1.02. The minimum absolute atomic E-state index is 0.356. The third kappa shape index (κ3) is 3.86. The van der Waals surface area contributed by atoms with Gasteiger partial charge >= 0.3 is 0 Å². The van der Waals surface area contributed by atoms with E-state index in [1.807, 2.05) is 12.1 Å². The Labute approximate surface area is 98.7 Å². The summed E-state index contributed by atoms with van der Waals surface area (Å²) in [5.41, 5.74) is 1.24. The number of hydrogen-bond donors (Lipinski definition) is 1. The average molecular weight is 221 g/mol. The molecule has 2 heteroatoms. The predicted octanol–water partition coefficient (Wildman–Crippen LogP) is 3.99. The van der Waals surface area contributed by atoms with E-state index < -0.39 is 0 Å². The van der Waals surface area contributed by atoms with Gasteiger partial charge in [0.1, 0.15) is 5.76 Å². The Kier molecular flexibility index (Phi) is 5.94. The molecule has 1 N–H and O–H groups in total. The van der Waals surface area contributed by atoms with Crippen molar-refractivity contribution < 1.29 is 4.42 Å². The quantitative estimate of drug-likeness (QED) is 0.530. The smallest absolute Gasteiger partial charge is 0.123 e. The van der Waals surface area contributed by atoms with Crippen LogP contribution in [-0.4, -0.2) is 6.54 Å². The fraction of sp³-hybridized carbons (Fsp3) is 0.571. The highest BCUT2D eigenvalue weighted by molar-refractivity contribution is 5.18. The van der Waals surface area contributed by atoms with Gasteiger partial charge in [-0.05, 0) is 50.8 Å². The molecule has 0 spiro atoms. The molecule has 0 aromatic carbocycles. The molecule has 0 aliphatic carbocycles. The molecule has 1 rings (SSSR count). The number of unbranched alkanes of at least 4 members (excludes halogenated alkanes) is 1. The number of aryl methyl sites for hydroxylation is 1. The lowest BCUT2D eigenvalue weighted by Crippen LogP contribution is -2.22. The Balaban J connectivity index is 2.56. The van der Waals surface area contributed by atoms with Gasteiger partial charge in [0, 0.05) is 0 Å². The van der Waals surface area contributed by atoms with Crippen molar-refractivity contribution in [3.8, 4) is 0 Å². The van der Waals surface area contributed by atoms with Gasteiger partial charge in [-0.2, -0.15) is 0 Å². The molecule has 0 radical (unpaired) electrons. The van der Waals surface area contributed by atoms with Crippen molar-refractivity contribution in [1.29, 1.82) is 0 Å². The first-order valence-corrected chi connectivity index (χ1v) is 6.17. The topological polar surface area (TPSA) is 25.2 Å². The van der Waals surface area contributed by atoms with Crippen LogP contribution in [0, 0.1) is 6.92 Å². The molecule has 0 fully saturated rings. The van der Waals surface area contributed by atoms with Crippen LogP contribution < -0.4 is 5.32 Å². The number of rotatable bonds is 8. The summed E-state index contributed by atoms with van der Waals surface area (Å²) in [5, 5.41) is 3.54. The second-order valence-electron chi connectivity index (χ2n) is 4.19. The van der Waals surface area contributed by atoms with Gasteiger partial charge in [0.25, 0.3) is 0 Å². The lowest BCUT2D eigenvalue weighted by molar-refractivity contribution is 0.388. The van der Waals surface area contributed by atoms with Gasteiger partial charge in [-0.25, -0.2) is 0 Å². The molecule has 1 heterocycles. The van der Waals surface area contributed by atoms with Crippen molar-refractivity contribution in [3.63, 3.8) is 0 Å². The number of hydrogen-bond acceptors (Lipinski definition) is 2. The second-order valence-corrected chi connectivity index (χ2v) is 4.19. The summed E-state index contributed by atoms with van der Waals surface area (Å²) in [7, 11) is 0. The number of nitrogens with one attached hydrogen (secondary N) is 1. The summed E-state index contributed by atoms with van der Waals surface area (Å²) < 4.78 is 5.57. The zero-order valence-electron chi connectivity index (χ0n) is 10.5. The summed E-state index contributed by atoms with van der Waals surface area (Å²) >= 11 is 0. The maximum atomic E-state index is 5.57. The van der Waals surface area contributed by atoms with Crippen LogP contribution in [0.2, 0.25) is 0 Å². The van der Waals surface area contributed by atoms with E-state index in [1.54, 1.807) is 6.26 Å². The molecular formula is C14H23NO. The van der Waals surface area contributed by atoms with E-state index in [0.717, 1.165) is 38.0 Å². The van der Waals surface area contributed by atoms with Crippen LogP contribution in [0.4, 0.5) is 0 Å². The lowest BCUT2D eigenvalue weighted by Gasteiger charge is -2.16. The van der Waals surface area contributed by atoms with Crippen LogP contribution in [0.15, 0.2) is 29.4 Å². The minimum atomic E-state index is 0.356. The molecule has 0 bridgehead atoms. The standard InChI is InChI=1S/C14H23NO/c1-4-6-7-8-13(15-10-5-2)14-12(3)9-11-16-14/h4,9,11,13,15H,1,5-8,10H2,2-3H3. The molecule has 1 unspecified atom stereocenters. The van der Waals surface area contributed by atoms with Crippen LogP contribution in [0.1, 0.15) is 50.0 Å². The van der Waals surface area contributed by atoms with Crippen molar-refractivity contribution in [2.75, 3.05) is 6.54 Å². The minimum Gasteiger partial charge on any atom is -0.467 e. The van der Waals surface area contributed by atoms with Gasteiger partial charge < -0.3 is 9.73 Å². The van der Waals surface area contributed by atoms with Crippen molar-refractivity contribution in [2.24, 2.45) is 0 Å². The van der Waals surface area contributed by atoms with E-state index in [1.165, 1.54) is 5.56 Å². The zero-order chi connectivity index (χ0) is 11.8. The molecule has 90 valence electrons. The molecule has 0 saturated heterocycles. The van der Waals surface area contributed by atoms with Crippen molar-refractivity contribution in [3.05, 3.63) is 36.3 Å². The fourth-order valence-corrected chi connectivity index (χ4v) is 1.85. The van der Waals surface area contributed by atoms with Gasteiger partial charge in [-0.3, -0.25) is 0 Å². The number of allylic oxidation sites excluding steroid dienone is 1. The van der Waals surface area contributed by atoms with Crippen molar-refractivity contribution in [1.82, 2.24) is 5.32 Å². The summed E-state index contributed by atoms with van der Waals surface area (Å²) in [4.78, 5) is 0. The maximum Gasteiger partial charge on any atom is 0.123 e. The van der Waals surface area contributed by atoms with Crippen molar-refractivity contribution >= 4 is 0 Å². The average Bonchev–Trinajstić information content (AvgIpc) is 2.70. The van der Waals surface area contributed by atoms with Gasteiger partial charge in [0.2, 0.25) is 0 Å². The molecule has 0 aliphatic rings. The van der Waals surface area contributed by atoms with Crippen LogP contribution in [0.5, 0.6) is 0 Å². The van der Waals surface area contributed by atoms with Gasteiger partial charge in [0.05, 0.1) is 12.3 Å². The Bertz CT molecular complexity index is 303. The third-order valence-corrected chi connectivity index (χ3v) is 2.76. The Morgan fingerprint density at radius 1 is 1.56 bits per heavy atom. The Morgan fingerprint density at radius 2 is 2.38 bits per heavy atom. The highest BCUT2D eigenvalue weighted by Crippen LogP contribution is 2.23. The molecule has 1 aromatic heterocycles. The zero-order valence-corrected chi connectivity index (χ0v) is 10.5. The van der Waals surface area contributed by atoms with E-state index >= 15 is 0 Å². The van der Waals surface area contributed by atoms with Gasteiger partial charge in [-0.1, -0.05) is 13.0 Å². The second kappa shape index (κ2) is 7.29. The van der Waals surface area contributed by atoms with E-state index in [0.29, 0.717) is 6.04 Å². The monoisotopic (exact) mass is 221 g/mol. The summed E-state index contributed by atoms with van der Waals surface area (Å²) in [6, 6.07) is 2.39. The van der Waals surface area contributed by atoms with E-state index in [-0.39, 0.29) is 0 Å². The molecule has 1 aromatic rings. The summed E-state index contributed by atoms with van der Waals surface area (Å²) in [6.45, 7) is 9.08. The maximum absolute atomic E-state index is 5.57. The first kappa shape index (κ1) is 13.0. The van der Waals surface area contributed by atoms with Gasteiger partial charge in [0.15, 0.2) is 0 Å². The predicted molar refractivity (Wildman–Crippen MR) is 68.5 cm³/mol. The van der Waals surface area contributed by atoms with Crippen LogP contribution in [-0.2, 0) is 0 Å². The molecule has 0 amide bonds. The lowest BCUT2D eigenvalue weighted by atomic mass is 10.0. The van der Waals surface area contributed by atoms with Crippen molar-refractivity contribution in [2.45, 2.75) is 45.6 Å². The van der Waals surface area contributed by atoms with Gasteiger partial charge in [-0.15, -0.1) is 6.58 Å². The Morgan fingerprint density at radius 3 is 2.94 bits per heavy atom.